The Balaban J connectivity index is 1.47. The Morgan fingerprint density at radius 3 is 2.60 bits per heavy atom. The van der Waals surface area contributed by atoms with E-state index in [9.17, 15) is 31.2 Å². The van der Waals surface area contributed by atoms with Crippen molar-refractivity contribution in [3.8, 4) is 17.1 Å². The van der Waals surface area contributed by atoms with Gasteiger partial charge in [-0.25, -0.2) is 22.8 Å². The SMILES string of the molecule is [C-]#[N+]c1ccc(N2CCC(NS(=O)(=O)c3ccc(OCC)c(-c4nn5c(CCC)nc(C)c5c(=O)[nH]4)c3)C2=O)cc1C(F)(F)F. The molecule has 0 aliphatic carbocycles. The van der Waals surface area contributed by atoms with Gasteiger partial charge >= 0.3 is 6.18 Å². The molecule has 1 aliphatic rings. The number of amides is 1. The summed E-state index contributed by atoms with van der Waals surface area (Å²) in [6.45, 7) is 12.6. The smallest absolute Gasteiger partial charge is 0.407 e. The van der Waals surface area contributed by atoms with Crippen LogP contribution in [0.4, 0.5) is 24.5 Å². The van der Waals surface area contributed by atoms with E-state index in [0.717, 1.165) is 17.4 Å². The molecule has 3 heterocycles. The van der Waals surface area contributed by atoms with E-state index in [4.69, 9.17) is 11.3 Å². The molecule has 12 nitrogen and oxygen atoms in total. The maximum atomic E-state index is 13.5. The molecule has 16 heteroatoms. The number of alkyl halides is 3. The number of nitrogens with one attached hydrogen (secondary N) is 2. The fourth-order valence-electron chi connectivity index (χ4n) is 5.20. The third-order valence-electron chi connectivity index (χ3n) is 7.25. The summed E-state index contributed by atoms with van der Waals surface area (Å²) in [6.07, 6.45) is -3.53. The summed E-state index contributed by atoms with van der Waals surface area (Å²) in [5.41, 5.74) is -1.44. The van der Waals surface area contributed by atoms with Crippen molar-refractivity contribution in [2.75, 3.05) is 18.1 Å². The van der Waals surface area contributed by atoms with Gasteiger partial charge in [0.2, 0.25) is 15.9 Å². The van der Waals surface area contributed by atoms with Crippen LogP contribution in [-0.2, 0) is 27.4 Å². The number of nitrogens with zero attached hydrogens (tertiary/aromatic N) is 5. The van der Waals surface area contributed by atoms with Gasteiger partial charge in [-0.1, -0.05) is 13.0 Å². The first kappa shape index (κ1) is 31.7. The fourth-order valence-corrected chi connectivity index (χ4v) is 6.45. The van der Waals surface area contributed by atoms with Crippen LogP contribution in [0, 0.1) is 13.5 Å². The number of H-pyrrole nitrogens is 1. The second-order valence-electron chi connectivity index (χ2n) is 10.3. The second-order valence-corrected chi connectivity index (χ2v) is 12.0. The molecule has 1 saturated heterocycles. The normalized spacial score (nSPS) is 15.5. The number of ether oxygens (including phenoxy) is 1. The summed E-state index contributed by atoms with van der Waals surface area (Å²) in [6, 6.07) is 5.57. The topological polar surface area (TPSA) is 143 Å². The van der Waals surface area contributed by atoms with Gasteiger partial charge in [-0.2, -0.15) is 17.9 Å². The van der Waals surface area contributed by atoms with Gasteiger partial charge in [0.1, 0.15) is 17.6 Å². The van der Waals surface area contributed by atoms with E-state index in [2.05, 4.69) is 24.6 Å². The number of aromatic nitrogens is 4. The van der Waals surface area contributed by atoms with E-state index in [1.54, 1.807) is 13.8 Å². The Bertz CT molecular complexity index is 2020. The number of rotatable bonds is 9. The van der Waals surface area contributed by atoms with Gasteiger partial charge < -0.3 is 14.6 Å². The minimum atomic E-state index is -4.82. The van der Waals surface area contributed by atoms with Gasteiger partial charge in [0, 0.05) is 18.7 Å². The van der Waals surface area contributed by atoms with Crippen LogP contribution in [0.15, 0.2) is 46.1 Å². The van der Waals surface area contributed by atoms with E-state index in [1.165, 1.54) is 28.8 Å². The van der Waals surface area contributed by atoms with E-state index in [0.29, 0.717) is 24.0 Å². The number of aryl methyl sites for hydroxylation is 2. The number of halogens is 3. The monoisotopic (exact) mass is 643 g/mol. The zero-order valence-corrected chi connectivity index (χ0v) is 25.2. The number of imidazole rings is 1. The Morgan fingerprint density at radius 1 is 1.18 bits per heavy atom. The molecule has 0 saturated carbocycles. The van der Waals surface area contributed by atoms with Gasteiger partial charge in [0.25, 0.3) is 5.56 Å². The number of hydrogen-bond acceptors (Lipinski definition) is 7. The van der Waals surface area contributed by atoms with Crippen molar-refractivity contribution in [3.05, 3.63) is 75.3 Å². The molecule has 0 bridgehead atoms. The van der Waals surface area contributed by atoms with Gasteiger partial charge in [-0.05, 0) is 57.0 Å². The molecule has 1 amide bonds. The lowest BCUT2D eigenvalue weighted by Crippen LogP contribution is -2.41. The van der Waals surface area contributed by atoms with Crippen molar-refractivity contribution in [2.45, 2.75) is 57.1 Å². The van der Waals surface area contributed by atoms with Crippen molar-refractivity contribution < 1.29 is 31.1 Å². The minimum Gasteiger partial charge on any atom is -0.493 e. The third-order valence-corrected chi connectivity index (χ3v) is 8.72. The standard InChI is InChI=1S/C29H28F3N7O5S/c1-5-7-24-34-16(3)25-27(40)35-26(36-39(24)25)19-15-18(9-11-23(19)44-6-2)45(42,43)37-22-12-13-38(28(22)41)17-8-10-21(33-4)20(14-17)29(30,31)32/h8-11,14-15,22,37H,5-7,12-13H2,1-3H3,(H,35,36,40). The van der Waals surface area contributed by atoms with Gasteiger partial charge in [0.15, 0.2) is 17.0 Å². The lowest BCUT2D eigenvalue weighted by Gasteiger charge is -2.20. The molecule has 2 aromatic heterocycles. The first-order valence-electron chi connectivity index (χ1n) is 14.0. The molecule has 1 atom stereocenters. The molecule has 45 heavy (non-hydrogen) atoms. The molecule has 236 valence electrons. The van der Waals surface area contributed by atoms with Crippen LogP contribution in [0.1, 0.15) is 43.8 Å². The predicted octanol–water partition coefficient (Wildman–Crippen LogP) is 4.40. The summed E-state index contributed by atoms with van der Waals surface area (Å²) < 4.78 is 77.0. The van der Waals surface area contributed by atoms with Crippen LogP contribution in [0.5, 0.6) is 5.75 Å². The van der Waals surface area contributed by atoms with Gasteiger partial charge in [0.05, 0.1) is 34.9 Å². The zero-order chi connectivity index (χ0) is 32.7. The Morgan fingerprint density at radius 2 is 1.93 bits per heavy atom. The highest BCUT2D eigenvalue weighted by molar-refractivity contribution is 7.89. The first-order valence-corrected chi connectivity index (χ1v) is 15.5. The number of hydrogen-bond donors (Lipinski definition) is 2. The molecule has 5 rings (SSSR count). The largest absolute Gasteiger partial charge is 0.493 e. The number of fused-ring (bicyclic) bond motifs is 1. The van der Waals surface area contributed by atoms with Crippen molar-refractivity contribution >= 4 is 32.8 Å². The number of carbonyl (C=O) groups is 1. The third kappa shape index (κ3) is 6.00. The molecular formula is C29H28F3N7O5S. The highest BCUT2D eigenvalue weighted by Crippen LogP contribution is 2.39. The maximum Gasteiger partial charge on any atom is 0.407 e. The van der Waals surface area contributed by atoms with Crippen molar-refractivity contribution in [1.82, 2.24) is 24.3 Å². The predicted molar refractivity (Wildman–Crippen MR) is 158 cm³/mol. The molecule has 2 N–H and O–H groups in total. The van der Waals surface area contributed by atoms with E-state index in [1.807, 2.05) is 6.92 Å². The Kier molecular flexibility index (Phi) is 8.43. The van der Waals surface area contributed by atoms with E-state index in [-0.39, 0.29) is 52.8 Å². The highest BCUT2D eigenvalue weighted by atomic mass is 32.2. The number of aromatic amines is 1. The first-order chi connectivity index (χ1) is 21.3. The highest BCUT2D eigenvalue weighted by Gasteiger charge is 2.38. The van der Waals surface area contributed by atoms with Crippen LogP contribution < -0.4 is 19.9 Å². The number of sulfonamides is 1. The van der Waals surface area contributed by atoms with Crippen LogP contribution in [0.3, 0.4) is 0 Å². The van der Waals surface area contributed by atoms with Crippen LogP contribution >= 0.6 is 0 Å². The molecule has 1 fully saturated rings. The maximum absolute atomic E-state index is 13.5. The van der Waals surface area contributed by atoms with Crippen LogP contribution in [0.2, 0.25) is 0 Å². The summed E-state index contributed by atoms with van der Waals surface area (Å²) in [5, 5.41) is 4.55. The Labute approximate surface area is 255 Å². The van der Waals surface area contributed by atoms with Gasteiger partial charge in [-0.15, -0.1) is 5.10 Å². The molecule has 1 aliphatic heterocycles. The van der Waals surface area contributed by atoms with Crippen molar-refractivity contribution in [1.29, 1.82) is 0 Å². The number of benzene rings is 2. The molecule has 0 spiro atoms. The lowest BCUT2D eigenvalue weighted by molar-refractivity contribution is -0.136. The van der Waals surface area contributed by atoms with Crippen molar-refractivity contribution in [3.63, 3.8) is 0 Å². The second kappa shape index (κ2) is 12.0. The molecule has 4 aromatic rings. The lowest BCUT2D eigenvalue weighted by atomic mass is 10.1. The fraction of sp³-hybridized carbons (Fsp3) is 0.345. The molecule has 0 radical (unpaired) electrons. The summed E-state index contributed by atoms with van der Waals surface area (Å²) >= 11 is 0. The average molecular weight is 644 g/mol. The summed E-state index contributed by atoms with van der Waals surface area (Å²) in [4.78, 5) is 37.0. The molecule has 1 unspecified atom stereocenters. The van der Waals surface area contributed by atoms with Gasteiger partial charge in [-0.3, -0.25) is 9.59 Å². The quantitative estimate of drug-likeness (QED) is 0.258. The van der Waals surface area contributed by atoms with Crippen molar-refractivity contribution in [2.24, 2.45) is 0 Å². The van der Waals surface area contributed by atoms with Crippen LogP contribution in [0.25, 0.3) is 21.7 Å². The summed E-state index contributed by atoms with van der Waals surface area (Å²) in [7, 11) is -4.36. The average Bonchev–Trinajstić information content (AvgIpc) is 3.50. The zero-order valence-electron chi connectivity index (χ0n) is 24.4. The van der Waals surface area contributed by atoms with E-state index >= 15 is 0 Å². The van der Waals surface area contributed by atoms with Crippen LogP contribution in [-0.4, -0.2) is 53.1 Å². The molecular weight excluding hydrogens is 615 g/mol. The number of anilines is 1. The number of carbonyl (C=O) groups excluding carboxylic acids is 1. The summed E-state index contributed by atoms with van der Waals surface area (Å²) in [5.74, 6) is 0.105. The Hall–Kier alpha value is -4.75. The van der Waals surface area contributed by atoms with E-state index < -0.39 is 45.0 Å². The molecule has 2 aromatic carbocycles. The minimum absolute atomic E-state index is 0.0143.